The molecular formula is C45H28N2OS. The Morgan fingerprint density at radius 2 is 1.10 bits per heavy atom. The third-order valence-corrected chi connectivity index (χ3v) is 10.7. The van der Waals surface area contributed by atoms with Crippen LogP contribution < -0.4 is 4.90 Å². The van der Waals surface area contributed by atoms with Crippen LogP contribution in [0.5, 0.6) is 0 Å². The number of fused-ring (bicyclic) bond motifs is 8. The largest absolute Gasteiger partial charge is 0.437 e. The van der Waals surface area contributed by atoms with E-state index in [2.05, 4.69) is 169 Å². The molecule has 0 unspecified atom stereocenters. The van der Waals surface area contributed by atoms with E-state index in [9.17, 15) is 0 Å². The van der Waals surface area contributed by atoms with Gasteiger partial charge in [0.2, 0.25) is 5.71 Å². The summed E-state index contributed by atoms with van der Waals surface area (Å²) >= 11 is 1.86. The van der Waals surface area contributed by atoms with E-state index >= 15 is 0 Å². The fourth-order valence-corrected chi connectivity index (χ4v) is 8.35. The zero-order valence-corrected chi connectivity index (χ0v) is 27.2. The van der Waals surface area contributed by atoms with Gasteiger partial charge in [-0.2, -0.15) is 4.98 Å². The molecule has 0 aliphatic carbocycles. The van der Waals surface area contributed by atoms with Gasteiger partial charge in [0.05, 0.1) is 0 Å². The lowest BCUT2D eigenvalue weighted by atomic mass is 10.0. The normalized spacial score (nSPS) is 11.7. The van der Waals surface area contributed by atoms with Crippen LogP contribution in [0.15, 0.2) is 174 Å². The summed E-state index contributed by atoms with van der Waals surface area (Å²) in [6, 6.07) is 60.2. The van der Waals surface area contributed by atoms with Crippen molar-refractivity contribution in [1.82, 2.24) is 4.98 Å². The van der Waals surface area contributed by atoms with Crippen LogP contribution in [-0.4, -0.2) is 4.98 Å². The molecule has 49 heavy (non-hydrogen) atoms. The Labute approximate surface area is 286 Å². The van der Waals surface area contributed by atoms with E-state index in [1.807, 2.05) is 17.4 Å². The lowest BCUT2D eigenvalue weighted by molar-refractivity contribution is 0.658. The number of hydrogen-bond donors (Lipinski definition) is 0. The molecule has 10 rings (SSSR count). The van der Waals surface area contributed by atoms with Crippen LogP contribution in [0.1, 0.15) is 0 Å². The SMILES string of the molecule is c1ccc(-c2ccc(N(c3ccc(-c4cccc5c4sc4ccccc45)cc3)c3ccc4c(n3)oc3c5ccccc5ccc43)cc2)cc1. The summed E-state index contributed by atoms with van der Waals surface area (Å²) in [6.45, 7) is 0. The van der Waals surface area contributed by atoms with E-state index in [4.69, 9.17) is 9.40 Å². The molecule has 3 nitrogen and oxygen atoms in total. The van der Waals surface area contributed by atoms with Crippen molar-refractivity contribution in [2.24, 2.45) is 0 Å². The van der Waals surface area contributed by atoms with Crippen molar-refractivity contribution in [3.63, 3.8) is 0 Å². The van der Waals surface area contributed by atoms with Crippen molar-refractivity contribution >= 4 is 81.5 Å². The Balaban J connectivity index is 1.11. The summed E-state index contributed by atoms with van der Waals surface area (Å²) in [5.74, 6) is 0.794. The molecule has 0 saturated carbocycles. The summed E-state index contributed by atoms with van der Waals surface area (Å²) in [6.07, 6.45) is 0. The molecule has 0 amide bonds. The first-order valence-corrected chi connectivity index (χ1v) is 17.3. The molecule has 10 aromatic rings. The summed E-state index contributed by atoms with van der Waals surface area (Å²) in [5.41, 5.74) is 8.34. The Hall–Kier alpha value is -6.23. The Morgan fingerprint density at radius 3 is 1.92 bits per heavy atom. The molecule has 4 heteroatoms. The second-order valence-corrected chi connectivity index (χ2v) is 13.4. The van der Waals surface area contributed by atoms with Crippen LogP contribution in [-0.2, 0) is 0 Å². The molecule has 3 aromatic heterocycles. The minimum absolute atomic E-state index is 0.628. The van der Waals surface area contributed by atoms with Gasteiger partial charge < -0.3 is 4.42 Å². The monoisotopic (exact) mass is 644 g/mol. The Bertz CT molecular complexity index is 2810. The van der Waals surface area contributed by atoms with Gasteiger partial charge in [0.25, 0.3) is 0 Å². The van der Waals surface area contributed by atoms with Gasteiger partial charge in [-0.25, -0.2) is 0 Å². The highest BCUT2D eigenvalue weighted by atomic mass is 32.1. The zero-order valence-electron chi connectivity index (χ0n) is 26.4. The number of aromatic nitrogens is 1. The highest BCUT2D eigenvalue weighted by molar-refractivity contribution is 7.26. The zero-order chi connectivity index (χ0) is 32.3. The second kappa shape index (κ2) is 11.2. The number of hydrogen-bond acceptors (Lipinski definition) is 4. The van der Waals surface area contributed by atoms with Crippen LogP contribution in [0.4, 0.5) is 17.2 Å². The quantitative estimate of drug-likeness (QED) is 0.187. The van der Waals surface area contributed by atoms with E-state index in [0.717, 1.165) is 44.3 Å². The molecule has 230 valence electrons. The number of furan rings is 1. The van der Waals surface area contributed by atoms with Gasteiger partial charge in [-0.05, 0) is 76.2 Å². The van der Waals surface area contributed by atoms with Crippen molar-refractivity contribution in [2.75, 3.05) is 4.90 Å². The predicted octanol–water partition coefficient (Wildman–Crippen LogP) is 13.3. The van der Waals surface area contributed by atoms with E-state index in [-0.39, 0.29) is 0 Å². The summed E-state index contributed by atoms with van der Waals surface area (Å²) < 4.78 is 9.14. The lowest BCUT2D eigenvalue weighted by Gasteiger charge is -2.24. The molecule has 0 N–H and O–H groups in total. The summed E-state index contributed by atoms with van der Waals surface area (Å²) in [7, 11) is 0. The number of nitrogens with zero attached hydrogens (tertiary/aromatic N) is 2. The topological polar surface area (TPSA) is 29.3 Å². The average Bonchev–Trinajstić information content (AvgIpc) is 3.74. The minimum Gasteiger partial charge on any atom is -0.437 e. The van der Waals surface area contributed by atoms with Crippen LogP contribution in [0.3, 0.4) is 0 Å². The molecule has 3 heterocycles. The number of anilines is 3. The molecule has 0 aliphatic heterocycles. The van der Waals surface area contributed by atoms with Crippen molar-refractivity contribution in [2.45, 2.75) is 0 Å². The maximum absolute atomic E-state index is 6.51. The third-order valence-electron chi connectivity index (χ3n) is 9.52. The predicted molar refractivity (Wildman–Crippen MR) is 207 cm³/mol. The van der Waals surface area contributed by atoms with Crippen molar-refractivity contribution in [1.29, 1.82) is 0 Å². The van der Waals surface area contributed by atoms with Crippen LogP contribution in [0, 0.1) is 0 Å². The fraction of sp³-hybridized carbons (Fsp3) is 0. The van der Waals surface area contributed by atoms with Gasteiger partial charge in [-0.15, -0.1) is 11.3 Å². The minimum atomic E-state index is 0.628. The lowest BCUT2D eigenvalue weighted by Crippen LogP contribution is -2.11. The average molecular weight is 645 g/mol. The summed E-state index contributed by atoms with van der Waals surface area (Å²) in [5, 5.41) is 6.95. The first kappa shape index (κ1) is 27.8. The van der Waals surface area contributed by atoms with E-state index in [1.54, 1.807) is 0 Å². The van der Waals surface area contributed by atoms with Crippen LogP contribution in [0.2, 0.25) is 0 Å². The van der Waals surface area contributed by atoms with Gasteiger partial charge in [-0.3, -0.25) is 4.90 Å². The molecule has 0 bridgehead atoms. The Morgan fingerprint density at radius 1 is 0.449 bits per heavy atom. The van der Waals surface area contributed by atoms with Gasteiger partial charge in [0.15, 0.2) is 0 Å². The first-order valence-electron chi connectivity index (χ1n) is 16.5. The molecule has 0 spiro atoms. The van der Waals surface area contributed by atoms with Crippen molar-refractivity contribution in [3.05, 3.63) is 170 Å². The van der Waals surface area contributed by atoms with Gasteiger partial charge >= 0.3 is 0 Å². The molecule has 0 radical (unpaired) electrons. The molecule has 0 atom stereocenters. The summed E-state index contributed by atoms with van der Waals surface area (Å²) in [4.78, 5) is 7.37. The highest BCUT2D eigenvalue weighted by Gasteiger charge is 2.19. The smallest absolute Gasteiger partial charge is 0.229 e. The van der Waals surface area contributed by atoms with Crippen LogP contribution in [0.25, 0.3) is 75.3 Å². The van der Waals surface area contributed by atoms with Gasteiger partial charge in [-0.1, -0.05) is 121 Å². The molecule has 0 saturated heterocycles. The van der Waals surface area contributed by atoms with Gasteiger partial charge in [0, 0.05) is 47.7 Å². The van der Waals surface area contributed by atoms with Gasteiger partial charge in [0.1, 0.15) is 11.4 Å². The molecule has 0 aliphatic rings. The maximum Gasteiger partial charge on any atom is 0.229 e. The van der Waals surface area contributed by atoms with E-state index in [1.165, 1.54) is 42.4 Å². The second-order valence-electron chi connectivity index (χ2n) is 12.4. The molecule has 7 aromatic carbocycles. The number of benzene rings is 7. The highest BCUT2D eigenvalue weighted by Crippen LogP contribution is 2.42. The van der Waals surface area contributed by atoms with Crippen LogP contribution >= 0.6 is 11.3 Å². The fourth-order valence-electron chi connectivity index (χ4n) is 7.11. The third kappa shape index (κ3) is 4.61. The van der Waals surface area contributed by atoms with E-state index < -0.39 is 0 Å². The number of pyridine rings is 1. The maximum atomic E-state index is 6.51. The van der Waals surface area contributed by atoms with E-state index in [0.29, 0.717) is 5.71 Å². The number of thiophene rings is 1. The molecular weight excluding hydrogens is 617 g/mol. The standard InChI is InChI=1S/C45H28N2OS/c1-2-9-29(10-3-1)30-17-22-33(23-18-30)47(42-28-27-40-38-26-21-31-11-4-5-12-35(31)43(38)48-45(40)46-42)34-24-19-32(20-25-34)36-14-8-15-39-37-13-6-7-16-41(37)49-44(36)39/h1-28H. The first-order chi connectivity index (χ1) is 24.3. The Kier molecular flexibility index (Phi) is 6.36. The van der Waals surface area contributed by atoms with Crippen molar-refractivity contribution in [3.8, 4) is 22.3 Å². The number of rotatable bonds is 5. The van der Waals surface area contributed by atoms with Crippen molar-refractivity contribution < 1.29 is 4.42 Å². The molecule has 0 fully saturated rings.